The van der Waals surface area contributed by atoms with Gasteiger partial charge in [0, 0.05) is 28.3 Å². The molecule has 0 atom stereocenters. The average molecular weight is 287 g/mol. The highest BCUT2D eigenvalue weighted by atomic mass is 32.2. The molecule has 5 nitrogen and oxygen atoms in total. The molecule has 0 radical (unpaired) electrons. The van der Waals surface area contributed by atoms with E-state index in [1.165, 1.54) is 23.9 Å². The van der Waals surface area contributed by atoms with Crippen molar-refractivity contribution in [3.63, 3.8) is 0 Å². The minimum atomic E-state index is -0.431. The van der Waals surface area contributed by atoms with Crippen LogP contribution >= 0.6 is 11.8 Å². The number of thioether (sulfide) groups is 1. The molecule has 0 aliphatic carbocycles. The predicted molar refractivity (Wildman–Crippen MR) is 80.9 cm³/mol. The molecule has 0 aliphatic heterocycles. The first-order valence-electron chi connectivity index (χ1n) is 5.89. The lowest BCUT2D eigenvalue weighted by atomic mass is 10.2. The molecule has 2 N–H and O–H groups in total. The van der Waals surface area contributed by atoms with E-state index in [2.05, 4.69) is 5.10 Å². The second kappa shape index (κ2) is 6.72. The zero-order chi connectivity index (χ0) is 14.4. The molecule has 0 aromatic heterocycles. The average Bonchev–Trinajstić information content (AvgIpc) is 2.47. The maximum Gasteiger partial charge on any atom is 0.270 e. The number of nitro benzene ring substituents is 1. The Morgan fingerprint density at radius 3 is 2.65 bits per heavy atom. The predicted octanol–water partition coefficient (Wildman–Crippen LogP) is 3.18. The second-order valence-electron chi connectivity index (χ2n) is 4.03. The molecular weight excluding hydrogens is 274 g/mol. The van der Waals surface area contributed by atoms with Crippen molar-refractivity contribution >= 4 is 23.7 Å². The molecule has 0 aliphatic rings. The van der Waals surface area contributed by atoms with Gasteiger partial charge in [0.1, 0.15) is 0 Å². The van der Waals surface area contributed by atoms with Gasteiger partial charge in [-0.15, -0.1) is 11.8 Å². The number of nitrogens with zero attached hydrogens (tertiary/aromatic N) is 2. The van der Waals surface area contributed by atoms with Gasteiger partial charge < -0.3 is 5.84 Å². The summed E-state index contributed by atoms with van der Waals surface area (Å²) in [6.45, 7) is 0. The molecule has 6 heteroatoms. The number of hydrogen-bond acceptors (Lipinski definition) is 5. The van der Waals surface area contributed by atoms with Crippen LogP contribution in [0, 0.1) is 10.1 Å². The number of hydrazone groups is 1. The summed E-state index contributed by atoms with van der Waals surface area (Å²) in [5.41, 5.74) is 1.87. The highest BCUT2D eigenvalue weighted by Gasteiger charge is 2.10. The van der Waals surface area contributed by atoms with Gasteiger partial charge in [-0.05, 0) is 11.6 Å². The Hall–Kier alpha value is -2.34. The molecule has 0 bridgehead atoms. The Labute approximate surface area is 120 Å². The lowest BCUT2D eigenvalue weighted by Crippen LogP contribution is -1.94. The van der Waals surface area contributed by atoms with Crippen LogP contribution in [0.5, 0.6) is 0 Å². The van der Waals surface area contributed by atoms with Crippen LogP contribution in [0.1, 0.15) is 11.1 Å². The van der Waals surface area contributed by atoms with Gasteiger partial charge in [-0.2, -0.15) is 5.10 Å². The number of hydrogen-bond donors (Lipinski definition) is 1. The summed E-state index contributed by atoms with van der Waals surface area (Å²) in [6.07, 6.45) is 1.43. The summed E-state index contributed by atoms with van der Waals surface area (Å²) in [4.78, 5) is 11.3. The maximum atomic E-state index is 10.8. The molecule has 2 aromatic carbocycles. The first-order chi connectivity index (χ1) is 9.70. The van der Waals surface area contributed by atoms with Crippen LogP contribution in [0.2, 0.25) is 0 Å². The van der Waals surface area contributed by atoms with Crippen LogP contribution in [0.15, 0.2) is 58.5 Å². The Bertz CT molecular complexity index is 630. The highest BCUT2D eigenvalue weighted by Crippen LogP contribution is 2.28. The SMILES string of the molecule is NN=Cc1cc([N+](=O)[O-])ccc1SCc1ccccc1. The second-order valence-corrected chi connectivity index (χ2v) is 5.05. The molecule has 20 heavy (non-hydrogen) atoms. The monoisotopic (exact) mass is 287 g/mol. The zero-order valence-electron chi connectivity index (χ0n) is 10.6. The molecular formula is C14H13N3O2S. The number of nitro groups is 1. The molecule has 102 valence electrons. The molecule has 2 rings (SSSR count). The van der Waals surface area contributed by atoms with E-state index >= 15 is 0 Å². The third-order valence-electron chi connectivity index (χ3n) is 2.65. The fourth-order valence-electron chi connectivity index (χ4n) is 1.70. The van der Waals surface area contributed by atoms with E-state index in [9.17, 15) is 10.1 Å². The van der Waals surface area contributed by atoms with Crippen molar-refractivity contribution < 1.29 is 4.92 Å². The summed E-state index contributed by atoms with van der Waals surface area (Å²) >= 11 is 1.59. The smallest absolute Gasteiger partial charge is 0.270 e. The van der Waals surface area contributed by atoms with Crippen molar-refractivity contribution in [1.82, 2.24) is 0 Å². The van der Waals surface area contributed by atoms with Gasteiger partial charge in [0.2, 0.25) is 0 Å². The van der Waals surface area contributed by atoms with Crippen LogP contribution < -0.4 is 5.84 Å². The topological polar surface area (TPSA) is 81.5 Å². The van der Waals surface area contributed by atoms with Gasteiger partial charge in [-0.1, -0.05) is 30.3 Å². The van der Waals surface area contributed by atoms with Gasteiger partial charge in [-0.25, -0.2) is 0 Å². The van der Waals surface area contributed by atoms with Gasteiger partial charge in [0.25, 0.3) is 5.69 Å². The minimum absolute atomic E-state index is 0.0314. The van der Waals surface area contributed by atoms with E-state index in [1.54, 1.807) is 17.8 Å². The van der Waals surface area contributed by atoms with Gasteiger partial charge in [0.15, 0.2) is 0 Å². The molecule has 0 amide bonds. The minimum Gasteiger partial charge on any atom is -0.323 e. The summed E-state index contributed by atoms with van der Waals surface area (Å²) < 4.78 is 0. The highest BCUT2D eigenvalue weighted by molar-refractivity contribution is 7.98. The van der Waals surface area contributed by atoms with Crippen molar-refractivity contribution in [3.8, 4) is 0 Å². The molecule has 0 saturated carbocycles. The van der Waals surface area contributed by atoms with Gasteiger partial charge >= 0.3 is 0 Å². The molecule has 0 saturated heterocycles. The molecule has 0 spiro atoms. The van der Waals surface area contributed by atoms with E-state index in [0.29, 0.717) is 5.56 Å². The summed E-state index contributed by atoms with van der Waals surface area (Å²) in [7, 11) is 0. The van der Waals surface area contributed by atoms with Crippen molar-refractivity contribution in [3.05, 3.63) is 69.8 Å². The number of rotatable bonds is 5. The van der Waals surface area contributed by atoms with E-state index in [0.717, 1.165) is 10.6 Å². The molecule has 0 fully saturated rings. The van der Waals surface area contributed by atoms with E-state index in [-0.39, 0.29) is 5.69 Å². The molecule has 0 unspecified atom stereocenters. The van der Waals surface area contributed by atoms with Crippen LogP contribution in [0.3, 0.4) is 0 Å². The maximum absolute atomic E-state index is 10.8. The van der Waals surface area contributed by atoms with Crippen LogP contribution in [-0.2, 0) is 5.75 Å². The third-order valence-corrected chi connectivity index (χ3v) is 3.82. The van der Waals surface area contributed by atoms with E-state index in [4.69, 9.17) is 5.84 Å². The lowest BCUT2D eigenvalue weighted by Gasteiger charge is -2.05. The Kier molecular flexibility index (Phi) is 4.73. The fraction of sp³-hybridized carbons (Fsp3) is 0.0714. The summed E-state index contributed by atoms with van der Waals surface area (Å²) in [5, 5.41) is 14.2. The summed E-state index contributed by atoms with van der Waals surface area (Å²) in [6, 6.07) is 14.7. The molecule has 2 aromatic rings. The van der Waals surface area contributed by atoms with E-state index in [1.807, 2.05) is 30.3 Å². The standard InChI is InChI=1S/C14H13N3O2S/c15-16-9-12-8-13(17(18)19)6-7-14(12)20-10-11-4-2-1-3-5-11/h1-9H,10,15H2. The van der Waals surface area contributed by atoms with Crippen LogP contribution in [0.4, 0.5) is 5.69 Å². The third kappa shape index (κ3) is 3.58. The number of nitrogens with two attached hydrogens (primary N) is 1. The van der Waals surface area contributed by atoms with Crippen molar-refractivity contribution in [2.24, 2.45) is 10.9 Å². The van der Waals surface area contributed by atoms with Crippen molar-refractivity contribution in [2.75, 3.05) is 0 Å². The molecule has 0 heterocycles. The van der Waals surface area contributed by atoms with Crippen LogP contribution in [0.25, 0.3) is 0 Å². The van der Waals surface area contributed by atoms with Crippen molar-refractivity contribution in [1.29, 1.82) is 0 Å². The van der Waals surface area contributed by atoms with Gasteiger partial charge in [0.05, 0.1) is 11.1 Å². The number of benzene rings is 2. The largest absolute Gasteiger partial charge is 0.323 e. The van der Waals surface area contributed by atoms with Gasteiger partial charge in [-0.3, -0.25) is 10.1 Å². The first kappa shape index (κ1) is 14.1. The normalized spacial score (nSPS) is 10.8. The van der Waals surface area contributed by atoms with Crippen molar-refractivity contribution in [2.45, 2.75) is 10.6 Å². The Balaban J connectivity index is 2.20. The lowest BCUT2D eigenvalue weighted by molar-refractivity contribution is -0.384. The Morgan fingerprint density at radius 2 is 2.00 bits per heavy atom. The summed E-state index contributed by atoms with van der Waals surface area (Å²) in [5.74, 6) is 5.94. The quantitative estimate of drug-likeness (QED) is 0.301. The number of non-ortho nitro benzene ring substituents is 1. The first-order valence-corrected chi connectivity index (χ1v) is 6.87. The fourth-order valence-corrected chi connectivity index (χ4v) is 2.65. The van der Waals surface area contributed by atoms with Crippen LogP contribution in [-0.4, -0.2) is 11.1 Å². The zero-order valence-corrected chi connectivity index (χ0v) is 11.4. The Morgan fingerprint density at radius 1 is 1.25 bits per heavy atom. The van der Waals surface area contributed by atoms with E-state index < -0.39 is 4.92 Å².